The monoisotopic (exact) mass is 378 g/mol. The third-order valence-corrected chi connectivity index (χ3v) is 4.27. The molecule has 0 aromatic heterocycles. The van der Waals surface area contributed by atoms with Crippen LogP contribution in [-0.2, 0) is 6.42 Å². The fourth-order valence-corrected chi connectivity index (χ4v) is 2.61. The molecule has 126 valence electrons. The molecule has 2 aromatic rings. The van der Waals surface area contributed by atoms with Crippen LogP contribution in [0.15, 0.2) is 42.5 Å². The number of benzene rings is 2. The number of hydrazine groups is 1. The molecule has 0 radical (unpaired) electrons. The van der Waals surface area contributed by atoms with Crippen molar-refractivity contribution in [2.24, 2.45) is 0 Å². The van der Waals surface area contributed by atoms with E-state index in [9.17, 15) is 0 Å². The van der Waals surface area contributed by atoms with Gasteiger partial charge >= 0.3 is 0 Å². The summed E-state index contributed by atoms with van der Waals surface area (Å²) in [7, 11) is 0. The van der Waals surface area contributed by atoms with E-state index in [-0.39, 0.29) is 0 Å². The summed E-state index contributed by atoms with van der Waals surface area (Å²) in [5.74, 6) is 0. The number of aryl methyl sites for hydroxylation is 1. The van der Waals surface area contributed by atoms with Gasteiger partial charge in [0.15, 0.2) is 10.2 Å². The minimum atomic E-state index is 0.397. The average molecular weight is 379 g/mol. The summed E-state index contributed by atoms with van der Waals surface area (Å²) in [5, 5.41) is 7.74. The number of thiocarbonyl (C=S) groups is 2. The Kier molecular flexibility index (Phi) is 6.78. The zero-order valence-corrected chi connectivity index (χ0v) is 15.8. The van der Waals surface area contributed by atoms with E-state index in [0.717, 1.165) is 23.4 Å². The van der Waals surface area contributed by atoms with E-state index in [0.29, 0.717) is 15.2 Å². The van der Waals surface area contributed by atoms with E-state index in [4.69, 9.17) is 36.0 Å². The van der Waals surface area contributed by atoms with Gasteiger partial charge in [-0.3, -0.25) is 10.9 Å². The summed E-state index contributed by atoms with van der Waals surface area (Å²) in [5.41, 5.74) is 9.67. The molecule has 0 saturated carbocycles. The summed E-state index contributed by atoms with van der Waals surface area (Å²) in [4.78, 5) is 0. The van der Waals surface area contributed by atoms with Gasteiger partial charge in [0.2, 0.25) is 0 Å². The van der Waals surface area contributed by atoms with E-state index < -0.39 is 0 Å². The molecule has 0 heterocycles. The van der Waals surface area contributed by atoms with Crippen LogP contribution in [0.1, 0.15) is 18.1 Å². The minimum Gasteiger partial charge on any atom is -0.331 e. The van der Waals surface area contributed by atoms with Crippen LogP contribution >= 0.6 is 36.0 Å². The lowest BCUT2D eigenvalue weighted by Crippen LogP contribution is -2.45. The molecule has 2 aromatic carbocycles. The van der Waals surface area contributed by atoms with Crippen LogP contribution in [0.5, 0.6) is 0 Å². The van der Waals surface area contributed by atoms with Crippen molar-refractivity contribution in [1.82, 2.24) is 10.9 Å². The molecule has 4 N–H and O–H groups in total. The number of hydrogen-bond acceptors (Lipinski definition) is 2. The second kappa shape index (κ2) is 8.82. The number of anilines is 2. The minimum absolute atomic E-state index is 0.397. The van der Waals surface area contributed by atoms with Gasteiger partial charge in [0, 0.05) is 16.4 Å². The zero-order valence-electron chi connectivity index (χ0n) is 13.4. The molecular weight excluding hydrogens is 360 g/mol. The molecule has 0 amide bonds. The van der Waals surface area contributed by atoms with Gasteiger partial charge in [-0.05, 0) is 67.1 Å². The molecule has 4 nitrogen and oxygen atoms in total. The third kappa shape index (κ3) is 5.06. The molecule has 0 fully saturated rings. The Morgan fingerprint density at radius 1 is 0.917 bits per heavy atom. The first-order valence-electron chi connectivity index (χ1n) is 7.48. The molecule has 0 aliphatic rings. The average Bonchev–Trinajstić information content (AvgIpc) is 2.58. The standard InChI is InChI=1S/C17H19ClN4S2/c1-3-12-7-4-5-9-15(12)20-17(24)22-21-16(23)19-14-10-6-8-13(18)11(14)2/h4-10H,3H2,1-2H3,(H2,19,21,23)(H2,20,22,24). The number of rotatable bonds is 3. The van der Waals surface area contributed by atoms with Crippen LogP contribution in [0, 0.1) is 6.92 Å². The highest BCUT2D eigenvalue weighted by Crippen LogP contribution is 2.22. The summed E-state index contributed by atoms with van der Waals surface area (Å²) in [6.07, 6.45) is 0.924. The molecule has 0 bridgehead atoms. The Bertz CT molecular complexity index is 749. The van der Waals surface area contributed by atoms with Crippen molar-refractivity contribution in [2.75, 3.05) is 10.6 Å². The first-order valence-corrected chi connectivity index (χ1v) is 8.67. The van der Waals surface area contributed by atoms with Crippen LogP contribution < -0.4 is 21.5 Å². The SMILES string of the molecule is CCc1ccccc1NC(=S)NNC(=S)Nc1cccc(Cl)c1C. The van der Waals surface area contributed by atoms with Crippen LogP contribution in [0.3, 0.4) is 0 Å². The number of halogens is 1. The van der Waals surface area contributed by atoms with Gasteiger partial charge in [0.25, 0.3) is 0 Å². The van der Waals surface area contributed by atoms with Gasteiger partial charge in [0.1, 0.15) is 0 Å². The fourth-order valence-electron chi connectivity index (χ4n) is 2.11. The van der Waals surface area contributed by atoms with Crippen molar-refractivity contribution >= 4 is 57.6 Å². The maximum Gasteiger partial charge on any atom is 0.189 e. The number of hydrogen-bond donors (Lipinski definition) is 4. The molecule has 7 heteroatoms. The van der Waals surface area contributed by atoms with E-state index in [2.05, 4.69) is 34.5 Å². The molecular formula is C17H19ClN4S2. The molecule has 0 aliphatic heterocycles. The molecule has 0 atom stereocenters. The van der Waals surface area contributed by atoms with Crippen molar-refractivity contribution in [1.29, 1.82) is 0 Å². The Morgan fingerprint density at radius 2 is 1.50 bits per heavy atom. The quantitative estimate of drug-likeness (QED) is 0.469. The molecule has 0 unspecified atom stereocenters. The Balaban J connectivity index is 1.87. The van der Waals surface area contributed by atoms with Gasteiger partial charge in [-0.2, -0.15) is 0 Å². The third-order valence-electron chi connectivity index (χ3n) is 3.45. The van der Waals surface area contributed by atoms with E-state index in [1.54, 1.807) is 0 Å². The largest absolute Gasteiger partial charge is 0.331 e. The maximum absolute atomic E-state index is 6.09. The smallest absolute Gasteiger partial charge is 0.189 e. The zero-order chi connectivity index (χ0) is 17.5. The highest BCUT2D eigenvalue weighted by atomic mass is 35.5. The van der Waals surface area contributed by atoms with Crippen molar-refractivity contribution < 1.29 is 0 Å². The molecule has 2 rings (SSSR count). The van der Waals surface area contributed by atoms with Crippen molar-refractivity contribution in [3.63, 3.8) is 0 Å². The van der Waals surface area contributed by atoms with E-state index >= 15 is 0 Å². The van der Waals surface area contributed by atoms with Crippen molar-refractivity contribution in [3.8, 4) is 0 Å². The first-order chi connectivity index (χ1) is 11.5. The van der Waals surface area contributed by atoms with E-state index in [1.165, 1.54) is 5.56 Å². The van der Waals surface area contributed by atoms with Crippen molar-refractivity contribution in [2.45, 2.75) is 20.3 Å². The first kappa shape index (κ1) is 18.4. The Morgan fingerprint density at radius 3 is 2.17 bits per heavy atom. The van der Waals surface area contributed by atoms with Gasteiger partial charge in [-0.1, -0.05) is 42.8 Å². The second-order valence-electron chi connectivity index (χ2n) is 5.08. The summed E-state index contributed by atoms with van der Waals surface area (Å²) < 4.78 is 0. The topological polar surface area (TPSA) is 48.1 Å². The fraction of sp³-hybridized carbons (Fsp3) is 0.176. The van der Waals surface area contributed by atoms with Crippen LogP contribution in [0.2, 0.25) is 5.02 Å². The summed E-state index contributed by atoms with van der Waals surface area (Å²) >= 11 is 16.6. The second-order valence-corrected chi connectivity index (χ2v) is 6.31. The normalized spacial score (nSPS) is 9.96. The Hall–Kier alpha value is -1.89. The lowest BCUT2D eigenvalue weighted by molar-refractivity contribution is 0.885. The number of para-hydroxylation sites is 1. The molecule has 24 heavy (non-hydrogen) atoms. The van der Waals surface area contributed by atoms with Gasteiger partial charge < -0.3 is 10.6 Å². The molecule has 0 aliphatic carbocycles. The van der Waals surface area contributed by atoms with E-state index in [1.807, 2.05) is 43.3 Å². The highest BCUT2D eigenvalue weighted by Gasteiger charge is 2.05. The van der Waals surface area contributed by atoms with Gasteiger partial charge in [-0.25, -0.2) is 0 Å². The predicted molar refractivity (Wildman–Crippen MR) is 111 cm³/mol. The summed E-state index contributed by atoms with van der Waals surface area (Å²) in [6, 6.07) is 13.6. The van der Waals surface area contributed by atoms with Crippen LogP contribution in [-0.4, -0.2) is 10.2 Å². The molecule has 0 saturated heterocycles. The van der Waals surface area contributed by atoms with Crippen molar-refractivity contribution in [3.05, 3.63) is 58.6 Å². The number of nitrogens with one attached hydrogen (secondary N) is 4. The summed E-state index contributed by atoms with van der Waals surface area (Å²) in [6.45, 7) is 4.02. The molecule has 0 spiro atoms. The van der Waals surface area contributed by atoms with Crippen LogP contribution in [0.4, 0.5) is 11.4 Å². The lowest BCUT2D eigenvalue weighted by Gasteiger charge is -2.16. The Labute approximate surface area is 158 Å². The van der Waals surface area contributed by atoms with Gasteiger partial charge in [0.05, 0.1) is 0 Å². The highest BCUT2D eigenvalue weighted by molar-refractivity contribution is 7.81. The predicted octanol–water partition coefficient (Wildman–Crippen LogP) is 4.40. The lowest BCUT2D eigenvalue weighted by atomic mass is 10.1. The van der Waals surface area contributed by atoms with Gasteiger partial charge in [-0.15, -0.1) is 0 Å². The maximum atomic E-state index is 6.09. The van der Waals surface area contributed by atoms with Crippen LogP contribution in [0.25, 0.3) is 0 Å².